The van der Waals surface area contributed by atoms with E-state index in [0.29, 0.717) is 18.7 Å². The molecule has 1 aliphatic rings. The first-order valence-electron chi connectivity index (χ1n) is 7.60. The van der Waals surface area contributed by atoms with Crippen LogP contribution in [0.2, 0.25) is 0 Å². The van der Waals surface area contributed by atoms with Crippen LogP contribution in [0.3, 0.4) is 0 Å². The Morgan fingerprint density at radius 3 is 2.77 bits per heavy atom. The van der Waals surface area contributed by atoms with Gasteiger partial charge >= 0.3 is 0 Å². The molecule has 0 radical (unpaired) electrons. The number of ether oxygens (including phenoxy) is 1. The first-order valence-corrected chi connectivity index (χ1v) is 9.43. The van der Waals surface area contributed by atoms with Crippen molar-refractivity contribution in [3.63, 3.8) is 0 Å². The predicted molar refractivity (Wildman–Crippen MR) is 85.7 cm³/mol. The third kappa shape index (κ3) is 4.47. The van der Waals surface area contributed by atoms with Gasteiger partial charge in [0.15, 0.2) is 16.4 Å². The number of carbonyl (C=O) groups excluding carboxylic acids is 1. The Balaban J connectivity index is 1.98. The van der Waals surface area contributed by atoms with E-state index in [2.05, 4.69) is 0 Å². The van der Waals surface area contributed by atoms with Crippen molar-refractivity contribution in [2.45, 2.75) is 32.7 Å². The molecule has 1 aromatic rings. The number of carbonyl (C=O) groups is 1. The van der Waals surface area contributed by atoms with Gasteiger partial charge in [0.25, 0.3) is 5.91 Å². The number of benzene rings is 1. The summed E-state index contributed by atoms with van der Waals surface area (Å²) in [6.45, 7) is 4.45. The van der Waals surface area contributed by atoms with E-state index < -0.39 is 9.84 Å². The summed E-state index contributed by atoms with van der Waals surface area (Å²) in [5.41, 5.74) is 1.07. The molecule has 2 rings (SSSR count). The summed E-state index contributed by atoms with van der Waals surface area (Å²) in [5.74, 6) is 0.752. The molecular weight excluding hydrogens is 302 g/mol. The number of rotatable bonds is 6. The average Bonchev–Trinajstić information content (AvgIpc) is 2.82. The first-order chi connectivity index (χ1) is 10.4. The van der Waals surface area contributed by atoms with E-state index in [-0.39, 0.29) is 30.1 Å². The topological polar surface area (TPSA) is 63.7 Å². The van der Waals surface area contributed by atoms with Gasteiger partial charge in [-0.05, 0) is 37.5 Å². The Kier molecular flexibility index (Phi) is 5.45. The molecule has 1 amide bonds. The molecule has 1 saturated heterocycles. The van der Waals surface area contributed by atoms with Crippen molar-refractivity contribution in [3.05, 3.63) is 29.8 Å². The van der Waals surface area contributed by atoms with Crippen LogP contribution in [-0.4, -0.2) is 49.9 Å². The molecule has 22 heavy (non-hydrogen) atoms. The zero-order valence-corrected chi connectivity index (χ0v) is 13.9. The largest absolute Gasteiger partial charge is 0.484 e. The van der Waals surface area contributed by atoms with Crippen LogP contribution in [0.1, 0.15) is 25.3 Å². The number of aryl methyl sites for hydroxylation is 1. The van der Waals surface area contributed by atoms with Crippen molar-refractivity contribution in [1.29, 1.82) is 0 Å². The molecule has 0 N–H and O–H groups in total. The van der Waals surface area contributed by atoms with Gasteiger partial charge in [-0.25, -0.2) is 8.42 Å². The van der Waals surface area contributed by atoms with Crippen molar-refractivity contribution in [1.82, 2.24) is 4.90 Å². The van der Waals surface area contributed by atoms with E-state index in [4.69, 9.17) is 4.74 Å². The summed E-state index contributed by atoms with van der Waals surface area (Å²) in [7, 11) is -3.00. The minimum absolute atomic E-state index is 0.0556. The summed E-state index contributed by atoms with van der Waals surface area (Å²) < 4.78 is 28.8. The van der Waals surface area contributed by atoms with E-state index >= 15 is 0 Å². The fourth-order valence-electron chi connectivity index (χ4n) is 2.71. The lowest BCUT2D eigenvalue weighted by molar-refractivity contribution is -0.135. The van der Waals surface area contributed by atoms with Gasteiger partial charge in [0.2, 0.25) is 0 Å². The number of nitrogens with zero attached hydrogens (tertiary/aromatic N) is 1. The highest BCUT2D eigenvalue weighted by Crippen LogP contribution is 2.19. The molecule has 1 heterocycles. The minimum atomic E-state index is -3.00. The molecular formula is C16H23NO4S. The maximum atomic E-state index is 12.4. The van der Waals surface area contributed by atoms with Gasteiger partial charge in [-0.3, -0.25) is 4.79 Å². The normalized spacial score (nSPS) is 19.8. The molecule has 1 atom stereocenters. The molecule has 1 fully saturated rings. The summed E-state index contributed by atoms with van der Waals surface area (Å²) in [6, 6.07) is 7.31. The number of hydrogen-bond donors (Lipinski definition) is 0. The molecule has 5 nitrogen and oxygen atoms in total. The van der Waals surface area contributed by atoms with Crippen LogP contribution in [-0.2, 0) is 14.6 Å². The lowest BCUT2D eigenvalue weighted by atomic mass is 10.2. The maximum Gasteiger partial charge on any atom is 0.260 e. The van der Waals surface area contributed by atoms with Crippen molar-refractivity contribution in [3.8, 4) is 5.75 Å². The standard InChI is InChI=1S/C16H23NO4S/c1-3-8-17(14-7-9-22(19,20)12-14)16(18)11-21-15-6-4-5-13(2)10-15/h4-6,10,14H,3,7-9,11-12H2,1-2H3. The second-order valence-corrected chi connectivity index (χ2v) is 7.98. The second-order valence-electron chi connectivity index (χ2n) is 5.75. The minimum Gasteiger partial charge on any atom is -0.484 e. The lowest BCUT2D eigenvalue weighted by Gasteiger charge is -2.27. The average molecular weight is 325 g/mol. The van der Waals surface area contributed by atoms with Crippen LogP contribution < -0.4 is 4.74 Å². The number of sulfone groups is 1. The monoisotopic (exact) mass is 325 g/mol. The Bertz CT molecular complexity index is 627. The van der Waals surface area contributed by atoms with Crippen LogP contribution >= 0.6 is 0 Å². The van der Waals surface area contributed by atoms with E-state index in [1.165, 1.54) is 0 Å². The smallest absolute Gasteiger partial charge is 0.260 e. The molecule has 1 aromatic carbocycles. The molecule has 0 bridgehead atoms. The van der Waals surface area contributed by atoms with Crippen molar-refractivity contribution < 1.29 is 17.9 Å². The van der Waals surface area contributed by atoms with Gasteiger partial charge in [-0.1, -0.05) is 19.1 Å². The van der Waals surface area contributed by atoms with E-state index in [9.17, 15) is 13.2 Å². The zero-order valence-electron chi connectivity index (χ0n) is 13.1. The predicted octanol–water partition coefficient (Wildman–Crippen LogP) is 1.80. The van der Waals surface area contributed by atoms with E-state index in [1.807, 2.05) is 38.1 Å². The number of hydrogen-bond acceptors (Lipinski definition) is 4. The highest BCUT2D eigenvalue weighted by atomic mass is 32.2. The quantitative estimate of drug-likeness (QED) is 0.800. The lowest BCUT2D eigenvalue weighted by Crippen LogP contribution is -2.44. The SMILES string of the molecule is CCCN(C(=O)COc1cccc(C)c1)C1CCS(=O)(=O)C1. The first kappa shape index (κ1) is 16.8. The maximum absolute atomic E-state index is 12.4. The highest BCUT2D eigenvalue weighted by molar-refractivity contribution is 7.91. The zero-order chi connectivity index (χ0) is 16.2. The van der Waals surface area contributed by atoms with Crippen LogP contribution in [0.4, 0.5) is 0 Å². The van der Waals surface area contributed by atoms with Gasteiger partial charge in [0, 0.05) is 12.6 Å². The van der Waals surface area contributed by atoms with E-state index in [1.54, 1.807) is 4.90 Å². The molecule has 0 saturated carbocycles. The van der Waals surface area contributed by atoms with Crippen LogP contribution in [0.25, 0.3) is 0 Å². The highest BCUT2D eigenvalue weighted by Gasteiger charge is 2.34. The van der Waals surface area contributed by atoms with E-state index in [0.717, 1.165) is 12.0 Å². The number of amides is 1. The van der Waals surface area contributed by atoms with Gasteiger partial charge in [-0.2, -0.15) is 0 Å². The van der Waals surface area contributed by atoms with Gasteiger partial charge in [0.05, 0.1) is 11.5 Å². The molecule has 122 valence electrons. The molecule has 6 heteroatoms. The van der Waals surface area contributed by atoms with Crippen LogP contribution in [0.15, 0.2) is 24.3 Å². The Hall–Kier alpha value is -1.56. The third-order valence-corrected chi connectivity index (χ3v) is 5.54. The molecule has 0 aromatic heterocycles. The second kappa shape index (κ2) is 7.13. The molecule has 0 aliphatic carbocycles. The molecule has 1 aliphatic heterocycles. The van der Waals surface area contributed by atoms with Crippen LogP contribution in [0.5, 0.6) is 5.75 Å². The van der Waals surface area contributed by atoms with Crippen molar-refractivity contribution in [2.24, 2.45) is 0 Å². The fraction of sp³-hybridized carbons (Fsp3) is 0.562. The van der Waals surface area contributed by atoms with Crippen LogP contribution in [0, 0.1) is 6.92 Å². The Labute approximate surface area is 132 Å². The summed E-state index contributed by atoms with van der Waals surface area (Å²) in [6.07, 6.45) is 1.32. The summed E-state index contributed by atoms with van der Waals surface area (Å²) in [4.78, 5) is 14.1. The van der Waals surface area contributed by atoms with Crippen molar-refractivity contribution >= 4 is 15.7 Å². The summed E-state index contributed by atoms with van der Waals surface area (Å²) >= 11 is 0. The fourth-order valence-corrected chi connectivity index (χ4v) is 4.44. The Morgan fingerprint density at radius 2 is 2.18 bits per heavy atom. The summed E-state index contributed by atoms with van der Waals surface area (Å²) in [5, 5.41) is 0. The van der Waals surface area contributed by atoms with Crippen molar-refractivity contribution in [2.75, 3.05) is 24.7 Å². The molecule has 0 spiro atoms. The molecule has 1 unspecified atom stereocenters. The van der Waals surface area contributed by atoms with Gasteiger partial charge in [-0.15, -0.1) is 0 Å². The van der Waals surface area contributed by atoms with Gasteiger partial charge in [0.1, 0.15) is 5.75 Å². The third-order valence-electron chi connectivity index (χ3n) is 3.79. The Morgan fingerprint density at radius 1 is 1.41 bits per heavy atom. The van der Waals surface area contributed by atoms with Gasteiger partial charge < -0.3 is 9.64 Å².